The zero-order valence-electron chi connectivity index (χ0n) is 17.0. The molecule has 0 saturated heterocycles. The molecule has 3 N–H and O–H groups in total. The standard InChI is InChI=1S/C24H20ClN3O3/c1-14-7-10-16(13-19(14)25)27-23(29)21-18-5-3-4-6-20(18)28(22(21)26)24(30)15-8-11-17(31-2)12-9-15/h3-13H,26H2,1-2H3,(H,27,29). The Morgan fingerprint density at radius 2 is 1.74 bits per heavy atom. The second kappa shape index (κ2) is 8.16. The first-order valence-corrected chi connectivity index (χ1v) is 9.93. The van der Waals surface area contributed by atoms with E-state index in [0.717, 1.165) is 5.56 Å². The molecule has 0 aliphatic rings. The van der Waals surface area contributed by atoms with Crippen LogP contribution in [0.4, 0.5) is 11.5 Å². The molecule has 7 heteroatoms. The second-order valence-corrected chi connectivity index (χ2v) is 7.47. The highest BCUT2D eigenvalue weighted by Gasteiger charge is 2.24. The zero-order chi connectivity index (χ0) is 22.1. The van der Waals surface area contributed by atoms with Crippen LogP contribution in [0.25, 0.3) is 10.9 Å². The number of halogens is 1. The number of nitrogen functional groups attached to an aromatic ring is 1. The maximum atomic E-state index is 13.3. The summed E-state index contributed by atoms with van der Waals surface area (Å²) in [7, 11) is 1.56. The molecule has 3 aromatic carbocycles. The van der Waals surface area contributed by atoms with Gasteiger partial charge >= 0.3 is 0 Å². The van der Waals surface area contributed by atoms with Crippen molar-refractivity contribution in [3.05, 3.63) is 88.4 Å². The predicted octanol–water partition coefficient (Wildman–Crippen LogP) is 5.13. The largest absolute Gasteiger partial charge is 0.497 e. The number of para-hydroxylation sites is 1. The number of hydrogen-bond donors (Lipinski definition) is 2. The van der Waals surface area contributed by atoms with Gasteiger partial charge in [0.25, 0.3) is 11.8 Å². The van der Waals surface area contributed by atoms with E-state index < -0.39 is 5.91 Å². The molecule has 0 radical (unpaired) electrons. The summed E-state index contributed by atoms with van der Waals surface area (Å²) in [5.74, 6) is -0.0554. The third kappa shape index (κ3) is 3.73. The number of carbonyl (C=O) groups is 2. The van der Waals surface area contributed by atoms with Crippen molar-refractivity contribution in [2.75, 3.05) is 18.2 Å². The van der Waals surface area contributed by atoms with Gasteiger partial charge in [-0.2, -0.15) is 0 Å². The molecular formula is C24H20ClN3O3. The number of nitrogens with zero attached hydrogens (tertiary/aromatic N) is 1. The number of nitrogens with one attached hydrogen (secondary N) is 1. The number of amides is 1. The molecule has 0 unspecified atom stereocenters. The van der Waals surface area contributed by atoms with E-state index in [4.69, 9.17) is 22.1 Å². The van der Waals surface area contributed by atoms with Crippen molar-refractivity contribution in [2.45, 2.75) is 6.92 Å². The fraction of sp³-hybridized carbons (Fsp3) is 0.0833. The van der Waals surface area contributed by atoms with E-state index >= 15 is 0 Å². The van der Waals surface area contributed by atoms with Crippen LogP contribution in [0, 0.1) is 6.92 Å². The molecule has 0 atom stereocenters. The molecule has 4 aromatic rings. The maximum absolute atomic E-state index is 13.3. The number of hydrogen-bond acceptors (Lipinski definition) is 4. The van der Waals surface area contributed by atoms with Crippen LogP contribution in [0.5, 0.6) is 5.75 Å². The van der Waals surface area contributed by atoms with Crippen molar-refractivity contribution in [1.82, 2.24) is 4.57 Å². The number of methoxy groups -OCH3 is 1. The molecule has 31 heavy (non-hydrogen) atoms. The Bertz CT molecular complexity index is 1310. The average Bonchev–Trinajstić information content (AvgIpc) is 3.07. The number of carbonyl (C=O) groups excluding carboxylic acids is 2. The van der Waals surface area contributed by atoms with Gasteiger partial charge in [-0.25, -0.2) is 0 Å². The Hall–Kier alpha value is -3.77. The van der Waals surface area contributed by atoms with Gasteiger partial charge < -0.3 is 15.8 Å². The topological polar surface area (TPSA) is 86.3 Å². The number of rotatable bonds is 4. The summed E-state index contributed by atoms with van der Waals surface area (Å²) in [5, 5.41) is 3.95. The molecule has 0 spiro atoms. The van der Waals surface area contributed by atoms with Gasteiger partial charge in [0.05, 0.1) is 18.2 Å². The van der Waals surface area contributed by atoms with Gasteiger partial charge in [0.15, 0.2) is 0 Å². The van der Waals surface area contributed by atoms with Gasteiger partial charge in [0.1, 0.15) is 11.6 Å². The summed E-state index contributed by atoms with van der Waals surface area (Å²) in [6, 6.07) is 19.1. The number of benzene rings is 3. The minimum absolute atomic E-state index is 0.0673. The Morgan fingerprint density at radius 3 is 2.42 bits per heavy atom. The van der Waals surface area contributed by atoms with Crippen LogP contribution in [-0.4, -0.2) is 23.5 Å². The molecule has 0 fully saturated rings. The van der Waals surface area contributed by atoms with Crippen molar-refractivity contribution in [3.8, 4) is 5.75 Å². The average molecular weight is 434 g/mol. The van der Waals surface area contributed by atoms with E-state index in [1.165, 1.54) is 4.57 Å². The number of fused-ring (bicyclic) bond motifs is 1. The third-order valence-corrected chi connectivity index (χ3v) is 5.52. The van der Waals surface area contributed by atoms with Crippen LogP contribution in [0.3, 0.4) is 0 Å². The van der Waals surface area contributed by atoms with Crippen molar-refractivity contribution < 1.29 is 14.3 Å². The molecule has 0 aliphatic heterocycles. The first-order chi connectivity index (χ1) is 14.9. The lowest BCUT2D eigenvalue weighted by Crippen LogP contribution is -2.18. The van der Waals surface area contributed by atoms with Crippen LogP contribution < -0.4 is 15.8 Å². The number of nitrogens with two attached hydrogens (primary N) is 1. The minimum atomic E-state index is -0.421. The van der Waals surface area contributed by atoms with Gasteiger partial charge in [-0.1, -0.05) is 35.9 Å². The van der Waals surface area contributed by atoms with E-state index in [-0.39, 0.29) is 17.3 Å². The van der Waals surface area contributed by atoms with E-state index in [2.05, 4.69) is 5.32 Å². The van der Waals surface area contributed by atoms with Crippen LogP contribution in [0.1, 0.15) is 26.3 Å². The summed E-state index contributed by atoms with van der Waals surface area (Å²) >= 11 is 6.17. The highest BCUT2D eigenvalue weighted by molar-refractivity contribution is 6.31. The molecule has 4 rings (SSSR count). The van der Waals surface area contributed by atoms with Crippen molar-refractivity contribution in [2.24, 2.45) is 0 Å². The molecule has 0 saturated carbocycles. The third-order valence-electron chi connectivity index (χ3n) is 5.11. The van der Waals surface area contributed by atoms with Gasteiger partial charge in [0.2, 0.25) is 0 Å². The molecule has 1 amide bonds. The number of aromatic nitrogens is 1. The highest BCUT2D eigenvalue weighted by Crippen LogP contribution is 2.31. The van der Waals surface area contributed by atoms with Crippen LogP contribution in [-0.2, 0) is 0 Å². The Labute approximate surface area is 184 Å². The summed E-state index contributed by atoms with van der Waals surface area (Å²) < 4.78 is 6.51. The van der Waals surface area contributed by atoms with Gasteiger partial charge in [-0.15, -0.1) is 0 Å². The molecule has 0 bridgehead atoms. The fourth-order valence-corrected chi connectivity index (χ4v) is 3.62. The normalized spacial score (nSPS) is 10.8. The number of ether oxygens (including phenoxy) is 1. The Morgan fingerprint density at radius 1 is 1.03 bits per heavy atom. The number of anilines is 2. The summed E-state index contributed by atoms with van der Waals surface area (Å²) in [4.78, 5) is 26.4. The lowest BCUT2D eigenvalue weighted by atomic mass is 10.1. The highest BCUT2D eigenvalue weighted by atomic mass is 35.5. The lowest BCUT2D eigenvalue weighted by Gasteiger charge is -2.09. The smallest absolute Gasteiger partial charge is 0.264 e. The van der Waals surface area contributed by atoms with Crippen LogP contribution >= 0.6 is 11.6 Å². The van der Waals surface area contributed by atoms with Crippen LogP contribution in [0.2, 0.25) is 5.02 Å². The number of aryl methyl sites for hydroxylation is 1. The molecule has 1 aromatic heterocycles. The van der Waals surface area contributed by atoms with E-state index in [0.29, 0.717) is 32.9 Å². The van der Waals surface area contributed by atoms with Crippen molar-refractivity contribution >= 4 is 45.8 Å². The molecule has 0 aliphatic carbocycles. The second-order valence-electron chi connectivity index (χ2n) is 7.06. The Kier molecular flexibility index (Phi) is 5.40. The SMILES string of the molecule is COc1ccc(C(=O)n2c(N)c(C(=O)Nc3ccc(C)c(Cl)c3)c3ccccc32)cc1. The van der Waals surface area contributed by atoms with E-state index in [1.54, 1.807) is 67.8 Å². The zero-order valence-corrected chi connectivity index (χ0v) is 17.7. The van der Waals surface area contributed by atoms with Gasteiger partial charge in [-0.3, -0.25) is 14.2 Å². The fourth-order valence-electron chi connectivity index (χ4n) is 3.44. The maximum Gasteiger partial charge on any atom is 0.264 e. The minimum Gasteiger partial charge on any atom is -0.497 e. The van der Waals surface area contributed by atoms with E-state index in [1.807, 2.05) is 13.0 Å². The Balaban J connectivity index is 1.78. The summed E-state index contributed by atoms with van der Waals surface area (Å²) in [5.41, 5.74) is 8.99. The van der Waals surface area contributed by atoms with Crippen molar-refractivity contribution in [1.29, 1.82) is 0 Å². The van der Waals surface area contributed by atoms with Gasteiger partial charge in [-0.05, 0) is 55.0 Å². The first kappa shape index (κ1) is 20.5. The van der Waals surface area contributed by atoms with Crippen molar-refractivity contribution in [3.63, 3.8) is 0 Å². The van der Waals surface area contributed by atoms with E-state index in [9.17, 15) is 9.59 Å². The van der Waals surface area contributed by atoms with Gasteiger partial charge in [0, 0.05) is 21.7 Å². The quantitative estimate of drug-likeness (QED) is 0.466. The summed E-state index contributed by atoms with van der Waals surface area (Å²) in [6.07, 6.45) is 0. The lowest BCUT2D eigenvalue weighted by molar-refractivity contribution is 0.0967. The molecule has 156 valence electrons. The predicted molar refractivity (Wildman–Crippen MR) is 123 cm³/mol. The first-order valence-electron chi connectivity index (χ1n) is 9.56. The monoisotopic (exact) mass is 433 g/mol. The molecule has 6 nitrogen and oxygen atoms in total. The van der Waals surface area contributed by atoms with Crippen LogP contribution in [0.15, 0.2) is 66.7 Å². The molecule has 1 heterocycles. The molecular weight excluding hydrogens is 414 g/mol. The summed E-state index contributed by atoms with van der Waals surface area (Å²) in [6.45, 7) is 1.88.